The third kappa shape index (κ3) is 6.97. The molecule has 1 unspecified atom stereocenters. The molecule has 0 bridgehead atoms. The first-order chi connectivity index (χ1) is 8.93. The Hall–Kier alpha value is -0.230. The highest BCUT2D eigenvalue weighted by Crippen LogP contribution is 2.58. The molecule has 12 nitrogen and oxygen atoms in total. The molecule has 0 aliphatic heterocycles. The smallest absolute Gasteiger partial charge is 0.394 e. The van der Waals surface area contributed by atoms with E-state index in [0.29, 0.717) is 0 Å². The lowest BCUT2D eigenvalue weighted by atomic mass is 10.1. The largest absolute Gasteiger partial charge is 0.481 e. The topological polar surface area (TPSA) is 211 Å². The van der Waals surface area contributed by atoms with Crippen LogP contribution in [0.1, 0.15) is 0 Å². The van der Waals surface area contributed by atoms with Crippen molar-refractivity contribution in [1.82, 2.24) is 0 Å². The Balaban J connectivity index is 4.90. The molecule has 0 aromatic rings. The number of rotatable bonds is 9. The molecule has 0 rings (SSSR count). The second-order valence-corrected chi connectivity index (χ2v) is 6.20. The molecule has 0 radical (unpaired) electrons. The molecule has 0 amide bonds. The van der Waals surface area contributed by atoms with Gasteiger partial charge in [0.2, 0.25) is 0 Å². The number of ketones is 1. The summed E-state index contributed by atoms with van der Waals surface area (Å²) in [4.78, 5) is 37.0. The lowest BCUT2D eigenvalue weighted by Crippen LogP contribution is -2.44. The van der Waals surface area contributed by atoms with Crippen LogP contribution in [0.25, 0.3) is 0 Å². The first kappa shape index (κ1) is 19.8. The summed E-state index contributed by atoms with van der Waals surface area (Å²) in [5.74, 6) is -1.50. The minimum atomic E-state index is -5.42. The average Bonchev–Trinajstić information content (AvgIpc) is 2.30. The van der Waals surface area contributed by atoms with Crippen molar-refractivity contribution in [2.75, 3.05) is 13.2 Å². The summed E-state index contributed by atoms with van der Waals surface area (Å²) < 4.78 is 28.9. The van der Waals surface area contributed by atoms with E-state index in [9.17, 15) is 19.0 Å². The van der Waals surface area contributed by atoms with E-state index in [1.165, 1.54) is 0 Å². The lowest BCUT2D eigenvalue weighted by molar-refractivity contribution is -0.144. The lowest BCUT2D eigenvalue weighted by Gasteiger charge is -2.22. The van der Waals surface area contributed by atoms with Gasteiger partial charge in [-0.1, -0.05) is 0 Å². The standard InChI is InChI=1S/C6H14O12P2/c7-1-3(9)5(10)6(11)4(2-8)17-20(15,16)18-19(12,13)14/h3-5,7-10H,1-2H2,(H,15,16)(H2,12,13,14)/t3-,4-,5-/m1/s1. The predicted octanol–water partition coefficient (Wildman–Crippen LogP) is -3.14. The third-order valence-corrected chi connectivity index (χ3v) is 3.99. The van der Waals surface area contributed by atoms with Crippen molar-refractivity contribution in [3.8, 4) is 0 Å². The zero-order valence-electron chi connectivity index (χ0n) is 9.71. The van der Waals surface area contributed by atoms with E-state index >= 15 is 0 Å². The molecule has 7 N–H and O–H groups in total. The molecular weight excluding hydrogens is 326 g/mol. The Morgan fingerprint density at radius 3 is 1.90 bits per heavy atom. The number of carbonyl (C=O) groups excluding carboxylic acids is 1. The first-order valence-corrected chi connectivity index (χ1v) is 7.85. The molecule has 4 atom stereocenters. The second-order valence-electron chi connectivity index (χ2n) is 3.41. The van der Waals surface area contributed by atoms with Crippen molar-refractivity contribution < 1.29 is 57.9 Å². The van der Waals surface area contributed by atoms with Crippen molar-refractivity contribution in [3.05, 3.63) is 0 Å². The minimum absolute atomic E-state index is 1.03. The SMILES string of the molecule is O=C([C@@H](CO)OP(=O)(O)OP(=O)(O)O)[C@H](O)[C@H](O)CO. The highest BCUT2D eigenvalue weighted by atomic mass is 31.3. The van der Waals surface area contributed by atoms with Crippen molar-refractivity contribution in [2.24, 2.45) is 0 Å². The predicted molar refractivity (Wildman–Crippen MR) is 59.0 cm³/mol. The van der Waals surface area contributed by atoms with Crippen molar-refractivity contribution in [1.29, 1.82) is 0 Å². The minimum Gasteiger partial charge on any atom is -0.394 e. The number of carbonyl (C=O) groups is 1. The molecule has 20 heavy (non-hydrogen) atoms. The van der Waals surface area contributed by atoms with Gasteiger partial charge in [-0.05, 0) is 0 Å². The molecule has 0 aromatic carbocycles. The Bertz CT molecular complexity index is 416. The van der Waals surface area contributed by atoms with Crippen LogP contribution in [0.5, 0.6) is 0 Å². The molecule has 14 heteroatoms. The van der Waals surface area contributed by atoms with E-state index in [4.69, 9.17) is 30.0 Å². The summed E-state index contributed by atoms with van der Waals surface area (Å²) in [5, 5.41) is 35.5. The van der Waals surface area contributed by atoms with Crippen LogP contribution in [0.4, 0.5) is 0 Å². The molecule has 0 saturated carbocycles. The van der Waals surface area contributed by atoms with Gasteiger partial charge in [-0.15, -0.1) is 0 Å². The number of hydrogen-bond acceptors (Lipinski definition) is 9. The zero-order chi connectivity index (χ0) is 16.1. The molecule has 0 aliphatic rings. The Morgan fingerprint density at radius 2 is 1.55 bits per heavy atom. The highest BCUT2D eigenvalue weighted by Gasteiger charge is 2.39. The van der Waals surface area contributed by atoms with Crippen LogP contribution in [0.15, 0.2) is 0 Å². The van der Waals surface area contributed by atoms with Crippen LogP contribution >= 0.6 is 15.6 Å². The monoisotopic (exact) mass is 340 g/mol. The van der Waals surface area contributed by atoms with Crippen LogP contribution in [-0.2, 0) is 22.8 Å². The van der Waals surface area contributed by atoms with E-state index in [1.807, 2.05) is 0 Å². The Kier molecular flexibility index (Phi) is 7.60. The number of aliphatic hydroxyl groups is 4. The number of hydrogen-bond donors (Lipinski definition) is 7. The van der Waals surface area contributed by atoms with Crippen molar-refractivity contribution in [3.63, 3.8) is 0 Å². The van der Waals surface area contributed by atoms with Gasteiger partial charge in [0.25, 0.3) is 0 Å². The molecule has 0 aromatic heterocycles. The summed E-state index contributed by atoms with van der Waals surface area (Å²) in [6.07, 6.45) is -6.42. The number of phosphoric ester groups is 1. The van der Waals surface area contributed by atoms with Crippen molar-refractivity contribution >= 4 is 21.4 Å². The summed E-state index contributed by atoms with van der Waals surface area (Å²) >= 11 is 0. The first-order valence-electron chi connectivity index (χ1n) is 4.83. The van der Waals surface area contributed by atoms with E-state index in [-0.39, 0.29) is 0 Å². The average molecular weight is 340 g/mol. The number of phosphoric acid groups is 2. The van der Waals surface area contributed by atoms with E-state index in [1.54, 1.807) is 0 Å². The van der Waals surface area contributed by atoms with E-state index in [2.05, 4.69) is 8.83 Å². The van der Waals surface area contributed by atoms with Gasteiger partial charge in [-0.25, -0.2) is 9.13 Å². The van der Waals surface area contributed by atoms with Crippen LogP contribution in [0, 0.1) is 0 Å². The normalized spacial score (nSPS) is 19.9. The van der Waals surface area contributed by atoms with Gasteiger partial charge < -0.3 is 35.1 Å². The molecule has 0 aliphatic carbocycles. The van der Waals surface area contributed by atoms with Gasteiger partial charge in [0.1, 0.15) is 12.2 Å². The van der Waals surface area contributed by atoms with Crippen LogP contribution < -0.4 is 0 Å². The number of aliphatic hydroxyl groups excluding tert-OH is 4. The summed E-state index contributed by atoms with van der Waals surface area (Å²) in [7, 11) is -10.8. The molecule has 0 fully saturated rings. The molecule has 0 heterocycles. The maximum atomic E-state index is 11.4. The summed E-state index contributed by atoms with van der Waals surface area (Å²) in [6, 6.07) is 0. The summed E-state index contributed by atoms with van der Waals surface area (Å²) in [6.45, 7) is -2.29. The maximum Gasteiger partial charge on any atom is 0.481 e. The second kappa shape index (κ2) is 7.69. The fourth-order valence-electron chi connectivity index (χ4n) is 0.970. The third-order valence-electron chi connectivity index (χ3n) is 1.80. The quantitative estimate of drug-likeness (QED) is 0.207. The van der Waals surface area contributed by atoms with Crippen LogP contribution in [-0.4, -0.2) is 72.4 Å². The van der Waals surface area contributed by atoms with Crippen LogP contribution in [0.3, 0.4) is 0 Å². The molecule has 0 saturated heterocycles. The van der Waals surface area contributed by atoms with E-state index < -0.39 is 53.0 Å². The van der Waals surface area contributed by atoms with Gasteiger partial charge in [-0.2, -0.15) is 4.31 Å². The Labute approximate surface area is 112 Å². The van der Waals surface area contributed by atoms with Crippen LogP contribution in [0.2, 0.25) is 0 Å². The van der Waals surface area contributed by atoms with Gasteiger partial charge in [0.15, 0.2) is 11.9 Å². The molecular formula is C6H14O12P2. The molecule has 0 spiro atoms. The highest BCUT2D eigenvalue weighted by molar-refractivity contribution is 7.60. The van der Waals surface area contributed by atoms with E-state index in [0.717, 1.165) is 0 Å². The van der Waals surface area contributed by atoms with Crippen molar-refractivity contribution in [2.45, 2.75) is 18.3 Å². The molecule has 120 valence electrons. The van der Waals surface area contributed by atoms with Gasteiger partial charge in [0.05, 0.1) is 13.2 Å². The Morgan fingerprint density at radius 1 is 1.05 bits per heavy atom. The van der Waals surface area contributed by atoms with Gasteiger partial charge in [0, 0.05) is 0 Å². The zero-order valence-corrected chi connectivity index (χ0v) is 11.5. The summed E-state index contributed by atoms with van der Waals surface area (Å²) in [5.41, 5.74) is 0. The number of Topliss-reactive ketones (excluding diaryl/α,β-unsaturated/α-hetero) is 1. The van der Waals surface area contributed by atoms with Gasteiger partial charge >= 0.3 is 15.6 Å². The fraction of sp³-hybridized carbons (Fsp3) is 0.833. The maximum absolute atomic E-state index is 11.4. The van der Waals surface area contributed by atoms with Gasteiger partial charge in [-0.3, -0.25) is 9.32 Å². The fourth-order valence-corrected chi connectivity index (χ4v) is 2.69.